The highest BCUT2D eigenvalue weighted by Gasteiger charge is 2.21. The van der Waals surface area contributed by atoms with Gasteiger partial charge in [-0.05, 0) is 76.2 Å². The second-order valence-electron chi connectivity index (χ2n) is 12.3. The third-order valence-corrected chi connectivity index (χ3v) is 8.82. The summed E-state index contributed by atoms with van der Waals surface area (Å²) in [7, 11) is 7.81. The van der Waals surface area contributed by atoms with Crippen molar-refractivity contribution in [3.63, 3.8) is 0 Å². The normalized spacial score (nSPS) is 13.3. The lowest BCUT2D eigenvalue weighted by Crippen LogP contribution is -2.44. The summed E-state index contributed by atoms with van der Waals surface area (Å²) in [6.07, 6.45) is 5.66. The molecule has 1 aliphatic heterocycles. The number of aromatic nitrogens is 3. The summed E-state index contributed by atoms with van der Waals surface area (Å²) in [4.78, 5) is 60.9. The van der Waals surface area contributed by atoms with Crippen molar-refractivity contribution < 1.29 is 14.3 Å². The molecular weight excluding hydrogens is 641 g/mol. The Morgan fingerprint density at radius 1 is 1.08 bits per heavy atom. The molecule has 12 nitrogen and oxygen atoms in total. The number of rotatable bonds is 8. The number of nitrogens with zero attached hydrogens (tertiary/aromatic N) is 5. The number of piperidine rings is 1. The van der Waals surface area contributed by atoms with Crippen LogP contribution in [0.4, 0.5) is 11.5 Å². The smallest absolute Gasteiger partial charge is 0.336 e. The molecule has 2 aromatic carbocycles. The molecule has 1 unspecified atom stereocenters. The molecule has 13 heteroatoms. The topological polar surface area (TPSA) is 145 Å². The van der Waals surface area contributed by atoms with Gasteiger partial charge >= 0.3 is 5.69 Å². The van der Waals surface area contributed by atoms with E-state index in [-0.39, 0.29) is 29.5 Å². The second kappa shape index (κ2) is 15.3. The zero-order chi connectivity index (χ0) is 35.2. The van der Waals surface area contributed by atoms with E-state index in [9.17, 15) is 19.2 Å². The molecule has 1 saturated heterocycles. The number of carbonyl (C=O) groups excluding carboxylic acids is 2. The maximum absolute atomic E-state index is 13.6. The number of nitrogen functional groups attached to an aromatic ring is 1. The van der Waals surface area contributed by atoms with E-state index in [0.717, 1.165) is 53.2 Å². The van der Waals surface area contributed by atoms with Crippen molar-refractivity contribution in [2.45, 2.75) is 32.7 Å². The van der Waals surface area contributed by atoms with E-state index in [2.05, 4.69) is 43.3 Å². The summed E-state index contributed by atoms with van der Waals surface area (Å²) < 4.78 is 8.16. The average Bonchev–Trinajstić information content (AvgIpc) is 3.06. The van der Waals surface area contributed by atoms with E-state index in [1.54, 1.807) is 68.8 Å². The fourth-order valence-electron chi connectivity index (χ4n) is 5.34. The Balaban J connectivity index is 1.38. The lowest BCUT2D eigenvalue weighted by atomic mass is 9.94. The summed E-state index contributed by atoms with van der Waals surface area (Å²) >= 11 is 0. The van der Waals surface area contributed by atoms with Gasteiger partial charge in [-0.25, -0.2) is 14.3 Å². The van der Waals surface area contributed by atoms with Crippen molar-refractivity contribution in [2.75, 3.05) is 45.3 Å². The molecule has 5 rings (SSSR count). The minimum Gasteiger partial charge on any atom is -0.455 e. The van der Waals surface area contributed by atoms with Crippen molar-refractivity contribution in [1.29, 1.82) is 0 Å². The van der Waals surface area contributed by atoms with E-state index < -0.39 is 17.2 Å². The van der Waals surface area contributed by atoms with Crippen molar-refractivity contribution in [1.82, 2.24) is 23.9 Å². The highest BCUT2D eigenvalue weighted by Crippen LogP contribution is 2.29. The molecule has 0 spiro atoms. The van der Waals surface area contributed by atoms with Gasteiger partial charge < -0.3 is 25.6 Å². The monoisotopic (exact) mass is 681 g/mol. The van der Waals surface area contributed by atoms with Gasteiger partial charge in [-0.3, -0.25) is 19.0 Å². The number of amides is 2. The molecular formula is C36H40N7O5P. The van der Waals surface area contributed by atoms with Crippen molar-refractivity contribution in [3.8, 4) is 29.0 Å². The lowest BCUT2D eigenvalue weighted by molar-refractivity contribution is -0.129. The number of hydrogen-bond donors (Lipinski definition) is 2. The molecule has 254 valence electrons. The number of anilines is 2. The molecule has 0 aliphatic carbocycles. The van der Waals surface area contributed by atoms with Gasteiger partial charge in [-0.15, -0.1) is 9.24 Å². The Kier molecular flexibility index (Phi) is 11.0. The molecule has 3 heterocycles. The maximum atomic E-state index is 13.6. The van der Waals surface area contributed by atoms with Crippen LogP contribution in [0.25, 0.3) is 5.69 Å². The minimum absolute atomic E-state index is 0.271. The zero-order valence-electron chi connectivity index (χ0n) is 28.0. The molecule has 0 saturated carbocycles. The molecule has 1 atom stereocenters. The predicted molar refractivity (Wildman–Crippen MR) is 194 cm³/mol. The van der Waals surface area contributed by atoms with Gasteiger partial charge in [0.1, 0.15) is 35.0 Å². The third-order valence-electron chi connectivity index (χ3n) is 8.37. The SMILES string of the molecule is Cc1ccc(-n2c(=O)c(C(=O)Nc3ccc(Oc4ccnc(N)c4C#CCC4CCN(C)CC4)c(P)c3)cn(CC(=O)N(C)C)c2=O)cc1. The first kappa shape index (κ1) is 35.1. The first-order valence-electron chi connectivity index (χ1n) is 15.9. The molecule has 3 N–H and O–H groups in total. The first-order chi connectivity index (χ1) is 23.4. The number of carbonyl (C=O) groups is 2. The number of pyridine rings is 1. The average molecular weight is 682 g/mol. The summed E-state index contributed by atoms with van der Waals surface area (Å²) in [6.45, 7) is 3.65. The molecule has 0 bridgehead atoms. The molecule has 2 amide bonds. The largest absolute Gasteiger partial charge is 0.455 e. The number of aryl methyl sites for hydroxylation is 1. The lowest BCUT2D eigenvalue weighted by Gasteiger charge is -2.27. The van der Waals surface area contributed by atoms with Gasteiger partial charge in [0.05, 0.1) is 5.69 Å². The van der Waals surface area contributed by atoms with Crippen LogP contribution < -0.4 is 32.3 Å². The molecule has 1 fully saturated rings. The highest BCUT2D eigenvalue weighted by atomic mass is 31.0. The maximum Gasteiger partial charge on any atom is 0.336 e. The van der Waals surface area contributed by atoms with Crippen LogP contribution in [-0.2, 0) is 11.3 Å². The number of hydrogen-bond acceptors (Lipinski definition) is 8. The van der Waals surface area contributed by atoms with Crippen LogP contribution in [-0.4, -0.2) is 70.0 Å². The van der Waals surface area contributed by atoms with E-state index in [1.807, 2.05) is 6.92 Å². The van der Waals surface area contributed by atoms with Crippen LogP contribution in [0.5, 0.6) is 11.5 Å². The number of likely N-dealkylation sites (N-methyl/N-ethyl adjacent to an activating group) is 1. The highest BCUT2D eigenvalue weighted by molar-refractivity contribution is 7.27. The zero-order valence-corrected chi connectivity index (χ0v) is 29.2. The fraction of sp³-hybridized carbons (Fsp3) is 0.306. The van der Waals surface area contributed by atoms with E-state index in [4.69, 9.17) is 10.5 Å². The number of nitrogens with two attached hydrogens (primary N) is 1. The summed E-state index contributed by atoms with van der Waals surface area (Å²) in [5, 5.41) is 3.34. The van der Waals surface area contributed by atoms with Crippen LogP contribution in [0.3, 0.4) is 0 Å². The Labute approximate surface area is 287 Å². The van der Waals surface area contributed by atoms with Crippen molar-refractivity contribution >= 4 is 37.9 Å². The summed E-state index contributed by atoms with van der Waals surface area (Å²) in [5.74, 6) is 7.05. The standard InChI is InChI=1S/C36H40N7O5P/c1-23-8-11-26(12-9-23)43-35(46)28(21-42(36(43)47)22-32(44)40(2)3)34(45)39-25-10-13-30(31(49)20-25)48-29-14-17-38-33(37)27(29)7-5-6-24-15-18-41(4)19-16-24/h8-14,17,20-21,24H,6,15-16,18-19,22,49H2,1-4H3,(H2,37,38)(H,39,45). The van der Waals surface area contributed by atoms with Gasteiger partial charge in [0, 0.05) is 50.0 Å². The van der Waals surface area contributed by atoms with Crippen molar-refractivity contribution in [3.05, 3.63) is 98.5 Å². The quantitative estimate of drug-likeness (QED) is 0.214. The van der Waals surface area contributed by atoms with E-state index in [1.165, 1.54) is 4.90 Å². The van der Waals surface area contributed by atoms with Crippen LogP contribution in [0.2, 0.25) is 0 Å². The van der Waals surface area contributed by atoms with Crippen molar-refractivity contribution in [2.24, 2.45) is 5.92 Å². The van der Waals surface area contributed by atoms with E-state index >= 15 is 0 Å². The van der Waals surface area contributed by atoms with Gasteiger partial charge in [-0.1, -0.05) is 29.5 Å². The Bertz CT molecular complexity index is 2050. The number of likely N-dealkylation sites (tertiary alicyclic amines) is 1. The van der Waals surface area contributed by atoms with Gasteiger partial charge in [0.2, 0.25) is 5.91 Å². The van der Waals surface area contributed by atoms with Gasteiger partial charge in [-0.2, -0.15) is 0 Å². The molecule has 49 heavy (non-hydrogen) atoms. The Hall–Kier alpha value is -5.24. The Morgan fingerprint density at radius 3 is 2.47 bits per heavy atom. The van der Waals surface area contributed by atoms with Crippen LogP contribution in [0.15, 0.2) is 70.5 Å². The van der Waals surface area contributed by atoms with Crippen LogP contribution in [0.1, 0.15) is 40.7 Å². The van der Waals surface area contributed by atoms with Gasteiger partial charge in [0.25, 0.3) is 11.5 Å². The Morgan fingerprint density at radius 2 is 1.80 bits per heavy atom. The van der Waals surface area contributed by atoms with E-state index in [0.29, 0.717) is 34.0 Å². The molecule has 0 radical (unpaired) electrons. The number of nitrogens with one attached hydrogen (secondary N) is 1. The number of ether oxygens (including phenoxy) is 1. The number of benzene rings is 2. The fourth-order valence-corrected chi connectivity index (χ4v) is 5.67. The predicted octanol–water partition coefficient (Wildman–Crippen LogP) is 3.00. The van der Waals surface area contributed by atoms with Gasteiger partial charge in [0.15, 0.2) is 0 Å². The molecule has 4 aromatic rings. The molecule has 2 aromatic heterocycles. The molecule has 1 aliphatic rings. The van der Waals surface area contributed by atoms with Crippen LogP contribution >= 0.6 is 9.24 Å². The second-order valence-corrected chi connectivity index (χ2v) is 13.0. The van der Waals surface area contributed by atoms with Crippen LogP contribution in [0, 0.1) is 24.7 Å². The minimum atomic E-state index is -0.814. The first-order valence-corrected chi connectivity index (χ1v) is 16.4. The summed E-state index contributed by atoms with van der Waals surface area (Å²) in [5.41, 5.74) is 6.40. The summed E-state index contributed by atoms with van der Waals surface area (Å²) in [6, 6.07) is 13.4. The third kappa shape index (κ3) is 8.44.